The van der Waals surface area contributed by atoms with Gasteiger partial charge in [0.1, 0.15) is 11.5 Å². The van der Waals surface area contributed by atoms with E-state index >= 15 is 0 Å². The molecule has 0 fully saturated rings. The summed E-state index contributed by atoms with van der Waals surface area (Å²) in [6.07, 6.45) is 3.17. The van der Waals surface area contributed by atoms with E-state index in [1.54, 1.807) is 35.4 Å². The van der Waals surface area contributed by atoms with E-state index in [-0.39, 0.29) is 0 Å². The fourth-order valence-electron chi connectivity index (χ4n) is 1.53. The first-order chi connectivity index (χ1) is 9.58. The highest BCUT2D eigenvalue weighted by Gasteiger charge is 2.10. The van der Waals surface area contributed by atoms with Gasteiger partial charge in [-0.3, -0.25) is 20.4 Å². The smallest absolute Gasteiger partial charge is 0.286 e. The maximum absolute atomic E-state index is 11.9. The van der Waals surface area contributed by atoms with Crippen molar-refractivity contribution in [2.45, 2.75) is 0 Å². The van der Waals surface area contributed by atoms with Crippen LogP contribution in [0.2, 0.25) is 0 Å². The Labute approximate surface area is 116 Å². The lowest BCUT2D eigenvalue weighted by Gasteiger charge is -2.12. The number of aromatic amines is 1. The van der Waals surface area contributed by atoms with Crippen molar-refractivity contribution in [3.8, 4) is 0 Å². The molecule has 2 heterocycles. The maximum Gasteiger partial charge on any atom is 0.286 e. The predicted octanol–water partition coefficient (Wildman–Crippen LogP) is 0.550. The number of carbonyl (C=O) groups is 2. The molecule has 0 bridgehead atoms. The number of aromatic nitrogens is 2. The van der Waals surface area contributed by atoms with Crippen LogP contribution in [0, 0.1) is 0 Å². The number of hydrogen-bond donors (Lipinski definition) is 3. The standard InChI is InChI=1S/C13H15N5O2/c1-18(2)11-8-9(5-7-15-11)12(19)16-17-13(20)10-4-3-6-14-10/h3-8,14H,1-2H3,(H,16,19)(H,17,20). The van der Waals surface area contributed by atoms with Crippen molar-refractivity contribution in [2.75, 3.05) is 19.0 Å². The summed E-state index contributed by atoms with van der Waals surface area (Å²) in [5, 5.41) is 0. The molecule has 2 amide bonds. The molecule has 0 aromatic carbocycles. The first kappa shape index (κ1) is 13.6. The zero-order valence-corrected chi connectivity index (χ0v) is 11.2. The number of hydrazine groups is 1. The fraction of sp³-hybridized carbons (Fsp3) is 0.154. The summed E-state index contributed by atoms with van der Waals surface area (Å²) in [7, 11) is 3.66. The van der Waals surface area contributed by atoms with Gasteiger partial charge in [0, 0.05) is 32.1 Å². The lowest BCUT2D eigenvalue weighted by molar-refractivity contribution is 0.0844. The van der Waals surface area contributed by atoms with Crippen LogP contribution >= 0.6 is 0 Å². The third kappa shape index (κ3) is 3.14. The topological polar surface area (TPSA) is 90.1 Å². The Morgan fingerprint density at radius 3 is 2.60 bits per heavy atom. The highest BCUT2D eigenvalue weighted by Crippen LogP contribution is 2.09. The Kier molecular flexibility index (Phi) is 3.99. The fourth-order valence-corrected chi connectivity index (χ4v) is 1.53. The minimum absolute atomic E-state index is 0.369. The predicted molar refractivity (Wildman–Crippen MR) is 74.3 cm³/mol. The third-order valence-electron chi connectivity index (χ3n) is 2.60. The highest BCUT2D eigenvalue weighted by molar-refractivity contribution is 5.98. The largest absolute Gasteiger partial charge is 0.363 e. The number of hydrogen-bond acceptors (Lipinski definition) is 4. The molecule has 0 aliphatic heterocycles. The van der Waals surface area contributed by atoms with Gasteiger partial charge >= 0.3 is 0 Å². The number of H-pyrrole nitrogens is 1. The summed E-state index contributed by atoms with van der Waals surface area (Å²) >= 11 is 0. The summed E-state index contributed by atoms with van der Waals surface area (Å²) < 4.78 is 0. The van der Waals surface area contributed by atoms with Gasteiger partial charge in [0.05, 0.1) is 0 Å². The van der Waals surface area contributed by atoms with Gasteiger partial charge < -0.3 is 9.88 Å². The molecular formula is C13H15N5O2. The van der Waals surface area contributed by atoms with Crippen molar-refractivity contribution in [1.29, 1.82) is 0 Å². The van der Waals surface area contributed by atoms with Gasteiger partial charge in [-0.05, 0) is 24.3 Å². The minimum Gasteiger partial charge on any atom is -0.363 e. The Balaban J connectivity index is 1.98. The second kappa shape index (κ2) is 5.87. The monoisotopic (exact) mass is 273 g/mol. The van der Waals surface area contributed by atoms with Crippen molar-refractivity contribution < 1.29 is 9.59 Å². The average molecular weight is 273 g/mol. The quantitative estimate of drug-likeness (QED) is 0.712. The second-order valence-electron chi connectivity index (χ2n) is 4.29. The summed E-state index contributed by atoms with van der Waals surface area (Å²) in [6, 6.07) is 6.51. The summed E-state index contributed by atoms with van der Waals surface area (Å²) in [5.74, 6) is -0.158. The van der Waals surface area contributed by atoms with Crippen LogP contribution < -0.4 is 15.8 Å². The van der Waals surface area contributed by atoms with Crippen LogP contribution in [-0.4, -0.2) is 35.9 Å². The molecule has 0 saturated heterocycles. The van der Waals surface area contributed by atoms with E-state index in [0.717, 1.165) is 0 Å². The normalized spacial score (nSPS) is 9.90. The maximum atomic E-state index is 11.9. The van der Waals surface area contributed by atoms with Crippen LogP contribution in [0.4, 0.5) is 5.82 Å². The van der Waals surface area contributed by atoms with Gasteiger partial charge in [-0.2, -0.15) is 0 Å². The van der Waals surface area contributed by atoms with Gasteiger partial charge in [0.15, 0.2) is 0 Å². The Morgan fingerprint density at radius 1 is 1.20 bits per heavy atom. The molecule has 3 N–H and O–H groups in total. The van der Waals surface area contributed by atoms with Crippen LogP contribution in [0.15, 0.2) is 36.7 Å². The molecular weight excluding hydrogens is 258 g/mol. The molecule has 104 valence electrons. The number of anilines is 1. The first-order valence-corrected chi connectivity index (χ1v) is 5.95. The van der Waals surface area contributed by atoms with Crippen LogP contribution in [0.1, 0.15) is 20.8 Å². The van der Waals surface area contributed by atoms with Gasteiger partial charge in [-0.15, -0.1) is 0 Å². The van der Waals surface area contributed by atoms with E-state index in [4.69, 9.17) is 0 Å². The molecule has 2 aromatic heterocycles. The molecule has 0 radical (unpaired) electrons. The molecule has 0 aliphatic rings. The first-order valence-electron chi connectivity index (χ1n) is 5.95. The van der Waals surface area contributed by atoms with E-state index < -0.39 is 11.8 Å². The van der Waals surface area contributed by atoms with Crippen LogP contribution in [0.5, 0.6) is 0 Å². The van der Waals surface area contributed by atoms with E-state index in [0.29, 0.717) is 17.1 Å². The molecule has 7 nitrogen and oxygen atoms in total. The molecule has 2 aromatic rings. The summed E-state index contributed by atoms with van der Waals surface area (Å²) in [5.41, 5.74) is 5.46. The van der Waals surface area contributed by atoms with E-state index in [9.17, 15) is 9.59 Å². The zero-order valence-electron chi connectivity index (χ0n) is 11.2. The highest BCUT2D eigenvalue weighted by atomic mass is 16.2. The van der Waals surface area contributed by atoms with Crippen molar-refractivity contribution in [1.82, 2.24) is 20.8 Å². The Bertz CT molecular complexity index is 607. The van der Waals surface area contributed by atoms with Crippen molar-refractivity contribution >= 4 is 17.6 Å². The second-order valence-corrected chi connectivity index (χ2v) is 4.29. The molecule has 0 unspecified atom stereocenters. The number of amides is 2. The van der Waals surface area contributed by atoms with Gasteiger partial charge in [-0.25, -0.2) is 4.98 Å². The molecule has 7 heteroatoms. The molecule has 20 heavy (non-hydrogen) atoms. The Morgan fingerprint density at radius 2 is 1.95 bits per heavy atom. The lowest BCUT2D eigenvalue weighted by atomic mass is 10.2. The SMILES string of the molecule is CN(C)c1cc(C(=O)NNC(=O)c2ccc[nH]2)ccn1. The summed E-state index contributed by atoms with van der Waals surface area (Å²) in [4.78, 5) is 32.2. The lowest BCUT2D eigenvalue weighted by Crippen LogP contribution is -2.41. The molecule has 0 saturated carbocycles. The van der Waals surface area contributed by atoms with Crippen LogP contribution in [-0.2, 0) is 0 Å². The summed E-state index contributed by atoms with van der Waals surface area (Å²) in [6.45, 7) is 0. The van der Waals surface area contributed by atoms with Gasteiger partial charge in [-0.1, -0.05) is 0 Å². The van der Waals surface area contributed by atoms with E-state index in [1.165, 1.54) is 6.20 Å². The van der Waals surface area contributed by atoms with Crippen molar-refractivity contribution in [3.63, 3.8) is 0 Å². The number of pyridine rings is 1. The number of carbonyl (C=O) groups excluding carboxylic acids is 2. The molecule has 2 rings (SSSR count). The average Bonchev–Trinajstić information content (AvgIpc) is 2.98. The van der Waals surface area contributed by atoms with E-state index in [1.807, 2.05) is 14.1 Å². The minimum atomic E-state index is -0.412. The van der Waals surface area contributed by atoms with Gasteiger partial charge in [0.2, 0.25) is 0 Å². The van der Waals surface area contributed by atoms with Crippen molar-refractivity contribution in [3.05, 3.63) is 47.9 Å². The zero-order chi connectivity index (χ0) is 14.5. The third-order valence-corrected chi connectivity index (χ3v) is 2.60. The molecule has 0 atom stereocenters. The van der Waals surface area contributed by atoms with Gasteiger partial charge in [0.25, 0.3) is 11.8 Å². The number of rotatable bonds is 3. The molecule has 0 aliphatic carbocycles. The van der Waals surface area contributed by atoms with Crippen LogP contribution in [0.25, 0.3) is 0 Å². The molecule has 0 spiro atoms. The number of nitrogens with zero attached hydrogens (tertiary/aromatic N) is 2. The van der Waals surface area contributed by atoms with E-state index in [2.05, 4.69) is 20.8 Å². The van der Waals surface area contributed by atoms with Crippen molar-refractivity contribution in [2.24, 2.45) is 0 Å². The van der Waals surface area contributed by atoms with Crippen LogP contribution in [0.3, 0.4) is 0 Å². The number of nitrogens with one attached hydrogen (secondary N) is 3. The Hall–Kier alpha value is -2.83.